The number of aryl methyl sites for hydroxylation is 1. The van der Waals surface area contributed by atoms with Gasteiger partial charge in [-0.1, -0.05) is 31.5 Å². The first kappa shape index (κ1) is 25.8. The largest absolute Gasteiger partial charge is 0.491 e. The highest BCUT2D eigenvalue weighted by Gasteiger charge is 2.65. The molecule has 0 fully saturated rings. The van der Waals surface area contributed by atoms with E-state index in [-0.39, 0.29) is 18.6 Å². The molecule has 10 heteroatoms. The molecule has 0 unspecified atom stereocenters. The zero-order valence-electron chi connectivity index (χ0n) is 19.1. The zero-order valence-corrected chi connectivity index (χ0v) is 19.1. The third-order valence-corrected chi connectivity index (χ3v) is 5.97. The van der Waals surface area contributed by atoms with E-state index in [9.17, 15) is 22.0 Å². The number of benzene rings is 3. The van der Waals surface area contributed by atoms with Crippen molar-refractivity contribution in [3.05, 3.63) is 81.9 Å². The molecule has 3 aromatic rings. The number of rotatable bonds is 7. The molecule has 4 rings (SSSR count). The summed E-state index contributed by atoms with van der Waals surface area (Å²) >= 11 is 0. The fraction of sp³-hybridized carbons (Fsp3) is 0.308. The Morgan fingerprint density at radius 2 is 1.14 bits per heavy atom. The number of ether oxygens (including phenoxy) is 2. The molecule has 192 valence electrons. The minimum atomic E-state index is -5.14. The Morgan fingerprint density at radius 1 is 0.611 bits per heavy atom. The lowest BCUT2D eigenvalue weighted by molar-refractivity contribution is -0.228. The monoisotopic (exact) mass is 516 g/mol. The fourth-order valence-electron chi connectivity index (χ4n) is 4.23. The fourth-order valence-corrected chi connectivity index (χ4v) is 4.23. The predicted octanol–water partition coefficient (Wildman–Crippen LogP) is 8.04. The van der Waals surface area contributed by atoms with Gasteiger partial charge in [0.25, 0.3) is 0 Å². The van der Waals surface area contributed by atoms with Crippen LogP contribution in [0.2, 0.25) is 0 Å². The minimum absolute atomic E-state index is 0.0991. The lowest BCUT2D eigenvalue weighted by Crippen LogP contribution is -2.41. The molecule has 36 heavy (non-hydrogen) atoms. The quantitative estimate of drug-likeness (QED) is 0.296. The summed E-state index contributed by atoms with van der Waals surface area (Å²) in [6.45, 7) is 2.27. The average molecular weight is 516 g/mol. The molecular weight excluding hydrogens is 496 g/mol. The summed E-state index contributed by atoms with van der Waals surface area (Å²) in [4.78, 5) is 0. The summed E-state index contributed by atoms with van der Waals surface area (Å²) in [7, 11) is 0. The van der Waals surface area contributed by atoms with Crippen molar-refractivity contribution in [3.63, 3.8) is 0 Å². The maximum Gasteiger partial charge on any atom is 0.343 e. The van der Waals surface area contributed by atoms with Gasteiger partial charge in [0.15, 0.2) is 23.1 Å². The third-order valence-electron chi connectivity index (χ3n) is 5.97. The first-order chi connectivity index (χ1) is 17.0. The van der Waals surface area contributed by atoms with Crippen LogP contribution in [0.5, 0.6) is 11.5 Å². The summed E-state index contributed by atoms with van der Waals surface area (Å²) in [5.74, 6) is -17.4. The van der Waals surface area contributed by atoms with Crippen molar-refractivity contribution in [2.24, 2.45) is 0 Å². The number of hydrogen-bond donors (Lipinski definition) is 0. The van der Waals surface area contributed by atoms with Crippen LogP contribution in [0.3, 0.4) is 0 Å². The molecule has 2 nitrogen and oxygen atoms in total. The molecule has 3 aromatic carbocycles. The highest BCUT2D eigenvalue weighted by molar-refractivity contribution is 5.77. The van der Waals surface area contributed by atoms with Crippen LogP contribution in [0, 0.1) is 23.3 Å². The third kappa shape index (κ3) is 3.87. The second kappa shape index (κ2) is 9.29. The molecule has 0 amide bonds. The van der Waals surface area contributed by atoms with Gasteiger partial charge in [0.05, 0.1) is 17.7 Å². The van der Waals surface area contributed by atoms with Gasteiger partial charge in [0.1, 0.15) is 12.4 Å². The normalized spacial score (nSPS) is 15.3. The second-order valence-electron chi connectivity index (χ2n) is 8.23. The zero-order chi connectivity index (χ0) is 26.4. The maximum atomic E-state index is 15.3. The van der Waals surface area contributed by atoms with Crippen molar-refractivity contribution in [2.45, 2.75) is 45.1 Å². The van der Waals surface area contributed by atoms with E-state index < -0.39 is 81.0 Å². The molecule has 0 saturated carbocycles. The van der Waals surface area contributed by atoms with Crippen molar-refractivity contribution < 1.29 is 44.6 Å². The van der Waals surface area contributed by atoms with E-state index in [1.165, 1.54) is 13.0 Å². The molecule has 0 aromatic heterocycles. The molecule has 0 aliphatic heterocycles. The van der Waals surface area contributed by atoms with Crippen LogP contribution >= 0.6 is 0 Å². The Hall–Kier alpha value is -3.30. The van der Waals surface area contributed by atoms with Gasteiger partial charge in [-0.3, -0.25) is 0 Å². The van der Waals surface area contributed by atoms with Gasteiger partial charge in [-0.05, 0) is 48.2 Å². The summed E-state index contributed by atoms with van der Waals surface area (Å²) in [6.07, 6.45) is 0.815. The van der Waals surface area contributed by atoms with Gasteiger partial charge in [0, 0.05) is 5.56 Å². The van der Waals surface area contributed by atoms with Crippen LogP contribution < -0.4 is 9.47 Å². The van der Waals surface area contributed by atoms with Crippen molar-refractivity contribution >= 4 is 0 Å². The Balaban J connectivity index is 1.77. The van der Waals surface area contributed by atoms with E-state index in [0.29, 0.717) is 6.42 Å². The van der Waals surface area contributed by atoms with Crippen LogP contribution in [0.25, 0.3) is 11.1 Å². The SMILES string of the molecule is CCCc1ccc(OCc2ccc3c(c2F)C(F)(F)C(F)(F)c2c-3ccc(OCC)c2F)c(F)c1F. The number of halogens is 8. The number of alkyl halides is 4. The van der Waals surface area contributed by atoms with E-state index in [1.807, 2.05) is 0 Å². The van der Waals surface area contributed by atoms with E-state index in [2.05, 4.69) is 0 Å². The standard InChI is InChI=1S/C26H20F8O2/c1-3-5-13-7-10-18(24(30)22(13)28)36-12-14-6-8-15-16-9-11-17(35-4-2)23(29)20(16)26(33,34)25(31,32)19(15)21(14)27/h6-11H,3-5,12H2,1-2H3. The Morgan fingerprint density at radius 3 is 1.75 bits per heavy atom. The van der Waals surface area contributed by atoms with Gasteiger partial charge in [-0.25, -0.2) is 13.2 Å². The molecule has 1 aliphatic rings. The lowest BCUT2D eigenvalue weighted by Gasteiger charge is -2.35. The van der Waals surface area contributed by atoms with E-state index in [0.717, 1.165) is 30.3 Å². The molecule has 0 heterocycles. The first-order valence-corrected chi connectivity index (χ1v) is 11.1. The molecule has 0 N–H and O–H groups in total. The smallest absolute Gasteiger partial charge is 0.343 e. The minimum Gasteiger partial charge on any atom is -0.491 e. The number of hydrogen-bond acceptors (Lipinski definition) is 2. The molecule has 0 atom stereocenters. The summed E-state index contributed by atoms with van der Waals surface area (Å²) in [5.41, 5.74) is -4.99. The lowest BCUT2D eigenvalue weighted by atomic mass is 9.79. The van der Waals surface area contributed by atoms with Crippen molar-refractivity contribution in [2.75, 3.05) is 6.61 Å². The Labute approximate surface area is 201 Å². The topological polar surface area (TPSA) is 18.5 Å². The average Bonchev–Trinajstić information content (AvgIpc) is 2.82. The highest BCUT2D eigenvalue weighted by atomic mass is 19.3. The van der Waals surface area contributed by atoms with Gasteiger partial charge < -0.3 is 9.47 Å². The van der Waals surface area contributed by atoms with Crippen LogP contribution in [-0.4, -0.2) is 6.61 Å². The maximum absolute atomic E-state index is 15.3. The van der Waals surface area contributed by atoms with Crippen molar-refractivity contribution in [1.29, 1.82) is 0 Å². The van der Waals surface area contributed by atoms with E-state index in [4.69, 9.17) is 9.47 Å². The second-order valence-corrected chi connectivity index (χ2v) is 8.23. The van der Waals surface area contributed by atoms with Crippen LogP contribution in [0.1, 0.15) is 42.5 Å². The van der Waals surface area contributed by atoms with Crippen LogP contribution in [0.15, 0.2) is 36.4 Å². The molecule has 0 bridgehead atoms. The summed E-state index contributed by atoms with van der Waals surface area (Å²) in [6, 6.07) is 6.24. The van der Waals surface area contributed by atoms with E-state index >= 15 is 13.2 Å². The van der Waals surface area contributed by atoms with Crippen LogP contribution in [-0.2, 0) is 24.9 Å². The predicted molar refractivity (Wildman–Crippen MR) is 115 cm³/mol. The summed E-state index contributed by atoms with van der Waals surface area (Å²) in [5, 5.41) is 0. The van der Waals surface area contributed by atoms with Gasteiger partial charge in [0.2, 0.25) is 5.82 Å². The van der Waals surface area contributed by atoms with Gasteiger partial charge in [-0.2, -0.15) is 22.0 Å². The Kier molecular flexibility index (Phi) is 6.66. The van der Waals surface area contributed by atoms with Gasteiger partial charge in [-0.15, -0.1) is 0 Å². The van der Waals surface area contributed by atoms with Crippen molar-refractivity contribution in [1.82, 2.24) is 0 Å². The molecule has 0 spiro atoms. The first-order valence-electron chi connectivity index (χ1n) is 11.1. The van der Waals surface area contributed by atoms with Crippen molar-refractivity contribution in [3.8, 4) is 22.6 Å². The number of fused-ring (bicyclic) bond motifs is 3. The molecule has 1 aliphatic carbocycles. The molecular formula is C26H20F8O2. The van der Waals surface area contributed by atoms with Crippen LogP contribution in [0.4, 0.5) is 35.1 Å². The summed E-state index contributed by atoms with van der Waals surface area (Å²) < 4.78 is 129. The molecule has 0 radical (unpaired) electrons. The highest BCUT2D eigenvalue weighted by Crippen LogP contribution is 2.60. The van der Waals surface area contributed by atoms with E-state index in [1.54, 1.807) is 6.92 Å². The van der Waals surface area contributed by atoms with Gasteiger partial charge >= 0.3 is 11.8 Å². The Bertz CT molecular complexity index is 1320. The molecule has 0 saturated heterocycles.